The van der Waals surface area contributed by atoms with Crippen molar-refractivity contribution in [2.24, 2.45) is 0 Å². The molecule has 0 spiro atoms. The fourth-order valence-electron chi connectivity index (χ4n) is 6.95. The van der Waals surface area contributed by atoms with Gasteiger partial charge in [0, 0.05) is 6.42 Å². The molecule has 0 aromatic carbocycles. The summed E-state index contributed by atoms with van der Waals surface area (Å²) < 4.78 is 23.1. The Hall–Kier alpha value is -1.28. The molecule has 0 radical (unpaired) electrons. The third-order valence-corrected chi connectivity index (χ3v) is 11.8. The minimum atomic E-state index is -4.59. The number of amides is 1. The Morgan fingerprint density at radius 1 is 0.586 bits per heavy atom. The summed E-state index contributed by atoms with van der Waals surface area (Å²) in [4.78, 5) is 25.2. The summed E-state index contributed by atoms with van der Waals surface area (Å²) in [6.07, 6.45) is 51.0. The van der Waals surface area contributed by atoms with Crippen LogP contribution < -0.4 is 10.2 Å². The van der Waals surface area contributed by atoms with Crippen LogP contribution in [0.15, 0.2) is 36.5 Å². The first-order chi connectivity index (χ1) is 28.0. The van der Waals surface area contributed by atoms with Crippen molar-refractivity contribution in [3.8, 4) is 0 Å². The minimum absolute atomic E-state index is 0.00829. The van der Waals surface area contributed by atoms with Gasteiger partial charge in [-0.2, -0.15) is 0 Å². The molecular formula is C49H95N2O6P. The number of phosphoric acid groups is 1. The summed E-state index contributed by atoms with van der Waals surface area (Å²) >= 11 is 0. The van der Waals surface area contributed by atoms with Crippen LogP contribution >= 0.6 is 7.82 Å². The first-order valence-electron chi connectivity index (χ1n) is 24.4. The number of hydrogen-bond acceptors (Lipinski definition) is 6. The van der Waals surface area contributed by atoms with E-state index in [2.05, 4.69) is 43.5 Å². The molecule has 0 heterocycles. The number of aliphatic hydroxyl groups excluding tert-OH is 1. The molecule has 0 fully saturated rings. The number of aliphatic hydroxyl groups is 1. The molecule has 0 aliphatic heterocycles. The van der Waals surface area contributed by atoms with Crippen LogP contribution in [0.25, 0.3) is 0 Å². The lowest BCUT2D eigenvalue weighted by Crippen LogP contribution is -2.45. The third kappa shape index (κ3) is 42.8. The average molecular weight is 839 g/mol. The maximum atomic E-state index is 12.7. The monoisotopic (exact) mass is 839 g/mol. The van der Waals surface area contributed by atoms with Crippen LogP contribution in [0.2, 0.25) is 0 Å². The summed E-state index contributed by atoms with van der Waals surface area (Å²) in [6.45, 7) is 4.58. The topological polar surface area (TPSA) is 108 Å². The Bertz CT molecular complexity index is 1040. The largest absolute Gasteiger partial charge is 0.756 e. The van der Waals surface area contributed by atoms with E-state index in [0.29, 0.717) is 17.4 Å². The number of rotatable bonds is 44. The van der Waals surface area contributed by atoms with E-state index >= 15 is 0 Å². The normalized spacial score (nSPS) is 14.5. The molecule has 9 heteroatoms. The van der Waals surface area contributed by atoms with Crippen molar-refractivity contribution in [3.05, 3.63) is 36.5 Å². The van der Waals surface area contributed by atoms with Crippen LogP contribution in [0.1, 0.15) is 219 Å². The quantitative estimate of drug-likeness (QED) is 0.0274. The highest BCUT2D eigenvalue weighted by atomic mass is 31.2. The Balaban J connectivity index is 4.19. The highest BCUT2D eigenvalue weighted by Gasteiger charge is 2.23. The minimum Gasteiger partial charge on any atom is -0.756 e. The van der Waals surface area contributed by atoms with Gasteiger partial charge in [0.25, 0.3) is 7.82 Å². The molecule has 0 rings (SSSR count). The Labute approximate surface area is 359 Å². The zero-order chi connectivity index (χ0) is 42.8. The summed E-state index contributed by atoms with van der Waals surface area (Å²) in [5, 5.41) is 13.7. The second-order valence-electron chi connectivity index (χ2n) is 17.8. The zero-order valence-electron chi connectivity index (χ0n) is 38.8. The van der Waals surface area contributed by atoms with E-state index < -0.39 is 26.6 Å². The SMILES string of the molecule is CCCCCCCCCCCCCCCCCCCC/C=C/CC/C=C/CC/C=C/C(O)C(COP(=O)([O-])OCC[N+](C)(C)C)NC(=O)CCCCCCCCCC. The number of unbranched alkanes of at least 4 members (excludes halogenated alkanes) is 27. The fraction of sp³-hybridized carbons (Fsp3) is 0.857. The van der Waals surface area contributed by atoms with Crippen molar-refractivity contribution in [1.82, 2.24) is 5.32 Å². The van der Waals surface area contributed by atoms with Gasteiger partial charge >= 0.3 is 0 Å². The van der Waals surface area contributed by atoms with Gasteiger partial charge in [-0.1, -0.05) is 204 Å². The van der Waals surface area contributed by atoms with Crippen molar-refractivity contribution in [2.45, 2.75) is 231 Å². The predicted octanol–water partition coefficient (Wildman–Crippen LogP) is 13.2. The Kier molecular flexibility index (Phi) is 40.2. The lowest BCUT2D eigenvalue weighted by atomic mass is 10.0. The van der Waals surface area contributed by atoms with Gasteiger partial charge in [0.2, 0.25) is 5.91 Å². The van der Waals surface area contributed by atoms with E-state index in [1.807, 2.05) is 27.2 Å². The molecule has 342 valence electrons. The summed E-state index contributed by atoms with van der Waals surface area (Å²) in [7, 11) is 1.24. The average Bonchev–Trinajstić information content (AvgIpc) is 3.17. The second kappa shape index (κ2) is 41.1. The van der Waals surface area contributed by atoms with Gasteiger partial charge < -0.3 is 28.8 Å². The number of allylic oxidation sites excluding steroid dienone is 5. The number of quaternary nitrogens is 1. The maximum absolute atomic E-state index is 12.7. The van der Waals surface area contributed by atoms with Gasteiger partial charge in [-0.3, -0.25) is 9.36 Å². The molecule has 0 aromatic rings. The summed E-state index contributed by atoms with van der Waals surface area (Å²) in [5.74, 6) is -0.217. The van der Waals surface area contributed by atoms with Gasteiger partial charge in [0.05, 0.1) is 39.9 Å². The molecule has 58 heavy (non-hydrogen) atoms. The number of hydrogen-bond donors (Lipinski definition) is 2. The molecule has 2 N–H and O–H groups in total. The smallest absolute Gasteiger partial charge is 0.268 e. The number of carbonyl (C=O) groups is 1. The molecule has 0 bridgehead atoms. The van der Waals surface area contributed by atoms with Gasteiger partial charge in [-0.15, -0.1) is 0 Å². The zero-order valence-corrected chi connectivity index (χ0v) is 39.6. The van der Waals surface area contributed by atoms with Gasteiger partial charge in [-0.05, 0) is 44.9 Å². The Morgan fingerprint density at radius 3 is 1.40 bits per heavy atom. The number of phosphoric ester groups is 1. The van der Waals surface area contributed by atoms with Crippen LogP contribution in [-0.2, 0) is 18.4 Å². The lowest BCUT2D eigenvalue weighted by molar-refractivity contribution is -0.870. The standard InChI is InChI=1S/C49H95N2O6P/c1-6-8-10-12-14-16-17-18-19-20-21-22-23-24-25-26-27-28-29-30-31-32-33-34-35-36-38-40-42-48(52)47(46-57-58(54,55)56-45-44-51(3,4)5)50-49(53)43-41-39-37-15-13-11-9-7-2/h30-31,34-35,40,42,47-48,52H,6-29,32-33,36-39,41,43-46H2,1-5H3,(H-,50,53,54,55)/b31-30+,35-34+,42-40+. The van der Waals surface area contributed by atoms with Crippen LogP contribution in [0.5, 0.6) is 0 Å². The molecule has 3 unspecified atom stereocenters. The van der Waals surface area contributed by atoms with Crippen LogP contribution in [-0.4, -0.2) is 68.5 Å². The number of carbonyl (C=O) groups excluding carboxylic acids is 1. The summed E-state index contributed by atoms with van der Waals surface area (Å²) in [5.41, 5.74) is 0. The highest BCUT2D eigenvalue weighted by molar-refractivity contribution is 7.45. The van der Waals surface area contributed by atoms with Crippen molar-refractivity contribution in [3.63, 3.8) is 0 Å². The Morgan fingerprint density at radius 2 is 0.966 bits per heavy atom. The first kappa shape index (κ1) is 56.7. The molecule has 0 aliphatic rings. The van der Waals surface area contributed by atoms with Crippen molar-refractivity contribution in [2.75, 3.05) is 40.9 Å². The predicted molar refractivity (Wildman–Crippen MR) is 247 cm³/mol. The first-order valence-corrected chi connectivity index (χ1v) is 25.8. The van der Waals surface area contributed by atoms with Crippen LogP contribution in [0, 0.1) is 0 Å². The maximum Gasteiger partial charge on any atom is 0.268 e. The molecule has 0 aliphatic carbocycles. The van der Waals surface area contributed by atoms with Gasteiger partial charge in [0.1, 0.15) is 13.2 Å². The van der Waals surface area contributed by atoms with Crippen molar-refractivity contribution < 1.29 is 32.9 Å². The van der Waals surface area contributed by atoms with E-state index in [9.17, 15) is 19.4 Å². The lowest BCUT2D eigenvalue weighted by Gasteiger charge is -2.29. The molecule has 0 saturated carbocycles. The second-order valence-corrected chi connectivity index (χ2v) is 19.2. The van der Waals surface area contributed by atoms with Crippen LogP contribution in [0.3, 0.4) is 0 Å². The molecule has 8 nitrogen and oxygen atoms in total. The number of nitrogens with zero attached hydrogens (tertiary/aromatic N) is 1. The highest BCUT2D eigenvalue weighted by Crippen LogP contribution is 2.38. The molecular weight excluding hydrogens is 744 g/mol. The van der Waals surface area contributed by atoms with Crippen LogP contribution in [0.4, 0.5) is 0 Å². The molecule has 0 aromatic heterocycles. The molecule has 0 saturated heterocycles. The fourth-order valence-corrected chi connectivity index (χ4v) is 7.67. The van der Waals surface area contributed by atoms with E-state index in [4.69, 9.17) is 9.05 Å². The number of likely N-dealkylation sites (N-methyl/N-ethyl adjacent to an activating group) is 1. The van der Waals surface area contributed by atoms with Gasteiger partial charge in [0.15, 0.2) is 0 Å². The summed E-state index contributed by atoms with van der Waals surface area (Å²) in [6, 6.07) is -0.904. The van der Waals surface area contributed by atoms with E-state index in [1.165, 1.54) is 154 Å². The van der Waals surface area contributed by atoms with E-state index in [-0.39, 0.29) is 12.5 Å². The molecule has 3 atom stereocenters. The molecule has 1 amide bonds. The van der Waals surface area contributed by atoms with Crippen molar-refractivity contribution in [1.29, 1.82) is 0 Å². The third-order valence-electron chi connectivity index (χ3n) is 10.8. The van der Waals surface area contributed by atoms with E-state index in [0.717, 1.165) is 44.9 Å². The van der Waals surface area contributed by atoms with Gasteiger partial charge in [-0.25, -0.2) is 0 Å². The van der Waals surface area contributed by atoms with E-state index in [1.54, 1.807) is 6.08 Å². The number of nitrogens with one attached hydrogen (secondary N) is 1. The van der Waals surface area contributed by atoms with Crippen molar-refractivity contribution >= 4 is 13.7 Å².